The summed E-state index contributed by atoms with van der Waals surface area (Å²) in [5.41, 5.74) is -1.95. The Balaban J connectivity index is 2.10. The minimum Gasteiger partial charge on any atom is -0.505 e. The lowest BCUT2D eigenvalue weighted by atomic mass is 9.91. The van der Waals surface area contributed by atoms with Crippen molar-refractivity contribution in [3.8, 4) is 5.75 Å². The normalized spacial score (nSPS) is 24.9. The van der Waals surface area contributed by atoms with Crippen LogP contribution in [0, 0.1) is 40.9 Å². The van der Waals surface area contributed by atoms with Gasteiger partial charge in [0.25, 0.3) is 5.91 Å². The Morgan fingerprint density at radius 2 is 1.59 bits per heavy atom. The van der Waals surface area contributed by atoms with Crippen molar-refractivity contribution in [2.24, 2.45) is 11.8 Å². The molecule has 240 valence electrons. The van der Waals surface area contributed by atoms with E-state index in [4.69, 9.17) is 9.47 Å². The van der Waals surface area contributed by atoms with Crippen molar-refractivity contribution >= 4 is 23.8 Å². The van der Waals surface area contributed by atoms with Crippen molar-refractivity contribution in [1.29, 1.82) is 0 Å². The molecule has 6 atom stereocenters. The number of aliphatic hydroxyl groups is 1. The summed E-state index contributed by atoms with van der Waals surface area (Å²) in [6, 6.07) is -1.34. The van der Waals surface area contributed by atoms with E-state index >= 15 is 0 Å². The number of cyclic esters (lactones) is 2. The zero-order chi connectivity index (χ0) is 33.0. The molecule has 1 fully saturated rings. The molecule has 1 aliphatic rings. The van der Waals surface area contributed by atoms with E-state index in [9.17, 15) is 51.3 Å². The molecule has 2 heterocycles. The van der Waals surface area contributed by atoms with Gasteiger partial charge >= 0.3 is 11.9 Å². The average molecular weight is 632 g/mol. The summed E-state index contributed by atoms with van der Waals surface area (Å²) >= 11 is 0. The topological polar surface area (TPSA) is 164 Å². The number of rotatable bonds is 6. The van der Waals surface area contributed by atoms with Crippen LogP contribution in [-0.2, 0) is 30.3 Å². The van der Waals surface area contributed by atoms with Gasteiger partial charge in [0.05, 0.1) is 18.1 Å². The molecule has 0 aliphatic carbocycles. The molecule has 2 amide bonds. The maximum absolute atomic E-state index is 14.6. The van der Waals surface area contributed by atoms with Crippen LogP contribution in [0.4, 0.5) is 22.0 Å². The Kier molecular flexibility index (Phi) is 10.8. The highest BCUT2D eigenvalue weighted by molar-refractivity contribution is 5.98. The summed E-state index contributed by atoms with van der Waals surface area (Å²) in [7, 11) is 0. The van der Waals surface area contributed by atoms with E-state index in [2.05, 4.69) is 15.6 Å². The van der Waals surface area contributed by atoms with Gasteiger partial charge < -0.3 is 30.3 Å². The molecule has 3 rings (SSSR count). The second kappa shape index (κ2) is 14.0. The van der Waals surface area contributed by atoms with Crippen molar-refractivity contribution in [3.05, 3.63) is 58.7 Å². The molecule has 0 bridgehead atoms. The lowest BCUT2D eigenvalue weighted by molar-refractivity contribution is -0.178. The van der Waals surface area contributed by atoms with Gasteiger partial charge in [-0.05, 0) is 38.3 Å². The second-order valence-corrected chi connectivity index (χ2v) is 10.7. The summed E-state index contributed by atoms with van der Waals surface area (Å²) in [6.07, 6.45) is -5.31. The van der Waals surface area contributed by atoms with Gasteiger partial charge in [0.1, 0.15) is 17.9 Å². The number of nitrogens with zero attached hydrogens (tertiary/aromatic N) is 1. The number of aliphatic hydroxyl groups excluding tert-OH is 1. The summed E-state index contributed by atoms with van der Waals surface area (Å²) in [5.74, 6) is -18.6. The molecular formula is C28H30F5N3O8. The Hall–Kier alpha value is -4.34. The number of benzene rings is 1. The molecule has 4 N–H and O–H groups in total. The van der Waals surface area contributed by atoms with Crippen LogP contribution in [0.25, 0.3) is 0 Å². The van der Waals surface area contributed by atoms with Gasteiger partial charge in [-0.2, -0.15) is 0 Å². The number of pyridine rings is 1. The van der Waals surface area contributed by atoms with Crippen LogP contribution in [0.1, 0.15) is 50.2 Å². The van der Waals surface area contributed by atoms with E-state index in [1.54, 1.807) is 13.8 Å². The quantitative estimate of drug-likeness (QED) is 0.162. The first-order valence-corrected chi connectivity index (χ1v) is 13.4. The van der Waals surface area contributed by atoms with Gasteiger partial charge in [0, 0.05) is 18.2 Å². The molecule has 0 radical (unpaired) electrons. The van der Waals surface area contributed by atoms with Crippen molar-refractivity contribution in [2.45, 2.75) is 70.9 Å². The largest absolute Gasteiger partial charge is 0.505 e. The van der Waals surface area contributed by atoms with Crippen molar-refractivity contribution in [2.75, 3.05) is 0 Å². The van der Waals surface area contributed by atoms with Crippen LogP contribution in [0.15, 0.2) is 18.3 Å². The highest BCUT2D eigenvalue weighted by atomic mass is 19.2. The summed E-state index contributed by atoms with van der Waals surface area (Å²) in [4.78, 5) is 56.1. The van der Waals surface area contributed by atoms with Crippen molar-refractivity contribution < 1.29 is 60.8 Å². The van der Waals surface area contributed by atoms with Crippen LogP contribution in [0.5, 0.6) is 5.75 Å². The first-order chi connectivity index (χ1) is 20.5. The molecule has 6 unspecified atom stereocenters. The fraction of sp³-hybridized carbons (Fsp3) is 0.464. The lowest BCUT2D eigenvalue weighted by Gasteiger charge is -2.33. The molecule has 44 heavy (non-hydrogen) atoms. The third-order valence-corrected chi connectivity index (χ3v) is 6.90. The molecule has 2 aromatic rings. The van der Waals surface area contributed by atoms with E-state index in [0.29, 0.717) is 0 Å². The third kappa shape index (κ3) is 7.41. The summed E-state index contributed by atoms with van der Waals surface area (Å²) in [6.45, 7) is 5.63. The SMILES string of the molecule is CC(C)CC1OC(=O)C(C)C(O)C(Cc2c(F)c(F)c(F)c(F)c2F)NC(=O)C(NC(=O)c2ncccc2O)C(C)OC1=O. The maximum atomic E-state index is 14.6. The summed E-state index contributed by atoms with van der Waals surface area (Å²) in [5, 5.41) is 25.4. The highest BCUT2D eigenvalue weighted by Gasteiger charge is 2.41. The fourth-order valence-corrected chi connectivity index (χ4v) is 4.44. The van der Waals surface area contributed by atoms with Crippen LogP contribution in [0.3, 0.4) is 0 Å². The monoisotopic (exact) mass is 631 g/mol. The summed E-state index contributed by atoms with van der Waals surface area (Å²) < 4.78 is 81.4. The van der Waals surface area contributed by atoms with Gasteiger partial charge in [-0.15, -0.1) is 0 Å². The highest BCUT2D eigenvalue weighted by Crippen LogP contribution is 2.26. The number of halogens is 5. The first-order valence-electron chi connectivity index (χ1n) is 13.4. The second-order valence-electron chi connectivity index (χ2n) is 10.7. The van der Waals surface area contributed by atoms with Crippen molar-refractivity contribution in [3.63, 3.8) is 0 Å². The number of amides is 2. The number of ether oxygens (including phenoxy) is 2. The Bertz CT molecular complexity index is 1410. The Morgan fingerprint density at radius 1 is 1.00 bits per heavy atom. The van der Waals surface area contributed by atoms with Gasteiger partial charge in [0.2, 0.25) is 11.7 Å². The van der Waals surface area contributed by atoms with Gasteiger partial charge in [-0.1, -0.05) is 13.8 Å². The van der Waals surface area contributed by atoms with Gasteiger partial charge in [-0.25, -0.2) is 31.7 Å². The molecule has 11 nitrogen and oxygen atoms in total. The standard InChI is InChI=1S/C28H30F5N3O8/c1-10(2)8-16-28(42)43-12(4)22(36-26(40)23-15(37)6-5-7-34-23)25(39)35-14(24(38)11(3)27(41)44-16)9-13-17(29)19(31)21(33)20(32)18(13)30/h5-7,10-12,14,16,22,24,37-38H,8-9H2,1-4H3,(H,35,39)(H,36,40). The zero-order valence-corrected chi connectivity index (χ0v) is 23.9. The van der Waals surface area contributed by atoms with Crippen LogP contribution < -0.4 is 10.6 Å². The molecule has 16 heteroatoms. The van der Waals surface area contributed by atoms with Gasteiger partial charge in [-0.3, -0.25) is 14.4 Å². The zero-order valence-electron chi connectivity index (χ0n) is 23.9. The predicted octanol–water partition coefficient (Wildman–Crippen LogP) is 2.21. The molecular weight excluding hydrogens is 601 g/mol. The number of aromatic nitrogens is 1. The third-order valence-electron chi connectivity index (χ3n) is 6.90. The molecule has 1 aromatic heterocycles. The molecule has 1 saturated heterocycles. The number of aromatic hydroxyl groups is 1. The Morgan fingerprint density at radius 3 is 2.16 bits per heavy atom. The van der Waals surface area contributed by atoms with E-state index in [1.165, 1.54) is 13.0 Å². The minimum absolute atomic E-state index is 0.0703. The van der Waals surface area contributed by atoms with Crippen LogP contribution in [0.2, 0.25) is 0 Å². The smallest absolute Gasteiger partial charge is 0.347 e. The Labute approximate surface area is 247 Å². The fourth-order valence-electron chi connectivity index (χ4n) is 4.44. The minimum atomic E-state index is -2.43. The van der Waals surface area contributed by atoms with Crippen LogP contribution >= 0.6 is 0 Å². The van der Waals surface area contributed by atoms with Gasteiger partial charge in [0.15, 0.2) is 35.1 Å². The molecule has 0 saturated carbocycles. The predicted molar refractivity (Wildman–Crippen MR) is 139 cm³/mol. The van der Waals surface area contributed by atoms with E-state index in [0.717, 1.165) is 19.2 Å². The van der Waals surface area contributed by atoms with Crippen molar-refractivity contribution in [1.82, 2.24) is 15.6 Å². The number of esters is 2. The maximum Gasteiger partial charge on any atom is 0.347 e. The number of hydrogen-bond acceptors (Lipinski definition) is 9. The average Bonchev–Trinajstić information content (AvgIpc) is 2.97. The molecule has 1 aliphatic heterocycles. The van der Waals surface area contributed by atoms with E-state index in [1.807, 2.05) is 0 Å². The van der Waals surface area contributed by atoms with E-state index in [-0.39, 0.29) is 12.3 Å². The number of nitrogens with one attached hydrogen (secondary N) is 2. The van der Waals surface area contributed by atoms with Crippen LogP contribution in [-0.4, -0.2) is 69.3 Å². The molecule has 1 aromatic carbocycles. The number of carbonyl (C=O) groups is 4. The molecule has 0 spiro atoms. The number of carbonyl (C=O) groups excluding carboxylic acids is 4. The first kappa shape index (κ1) is 34.2. The lowest BCUT2D eigenvalue weighted by Crippen LogP contribution is -2.59. The number of hydrogen-bond donors (Lipinski definition) is 4. The van der Waals surface area contributed by atoms with E-state index < -0.39 is 113 Å².